The molecule has 23 heavy (non-hydrogen) atoms. The molecule has 1 fully saturated rings. The van der Waals surface area contributed by atoms with Crippen molar-refractivity contribution in [1.29, 1.82) is 0 Å². The van der Waals surface area contributed by atoms with E-state index in [1.807, 2.05) is 12.1 Å². The van der Waals surface area contributed by atoms with Crippen molar-refractivity contribution in [3.8, 4) is 0 Å². The van der Waals surface area contributed by atoms with E-state index in [9.17, 15) is 0 Å². The molecule has 0 spiro atoms. The van der Waals surface area contributed by atoms with E-state index < -0.39 is 0 Å². The second-order valence-corrected chi connectivity index (χ2v) is 5.96. The van der Waals surface area contributed by atoms with Crippen molar-refractivity contribution in [2.45, 2.75) is 51.6 Å². The van der Waals surface area contributed by atoms with Crippen molar-refractivity contribution in [1.82, 2.24) is 25.7 Å². The monoisotopic (exact) mass is 316 g/mol. The fourth-order valence-electron chi connectivity index (χ4n) is 2.84. The van der Waals surface area contributed by atoms with Crippen molar-refractivity contribution in [3.05, 3.63) is 30.0 Å². The number of aromatic nitrogens is 4. The van der Waals surface area contributed by atoms with E-state index in [0.717, 1.165) is 62.7 Å². The third-order valence-corrected chi connectivity index (χ3v) is 4.11. The molecule has 3 rings (SSSR count). The third-order valence-electron chi connectivity index (χ3n) is 4.11. The smallest absolute Gasteiger partial charge is 0.226 e. The minimum absolute atomic E-state index is 0.406. The van der Waals surface area contributed by atoms with Gasteiger partial charge < -0.3 is 14.7 Å². The number of hydrogen-bond donors (Lipinski definition) is 1. The summed E-state index contributed by atoms with van der Waals surface area (Å²) < 4.78 is 5.27. The van der Waals surface area contributed by atoms with E-state index in [2.05, 4.69) is 37.5 Å². The van der Waals surface area contributed by atoms with Crippen molar-refractivity contribution >= 4 is 5.82 Å². The first kappa shape index (κ1) is 15.9. The standard InChI is InChI=1S/C16H24N6O/c1-2-3-8-16-19-14(21-23-16)11-17-13-6-5-10-22(12-13)15-7-4-9-18-20-15/h4,7,9,13,17H,2-3,5-6,8,10-12H2,1H3. The summed E-state index contributed by atoms with van der Waals surface area (Å²) in [6.07, 6.45) is 7.09. The van der Waals surface area contributed by atoms with Crippen LogP contribution < -0.4 is 10.2 Å². The highest BCUT2D eigenvalue weighted by Crippen LogP contribution is 2.16. The topological polar surface area (TPSA) is 80.0 Å². The van der Waals surface area contributed by atoms with E-state index >= 15 is 0 Å². The molecule has 7 nitrogen and oxygen atoms in total. The van der Waals surface area contributed by atoms with Gasteiger partial charge in [-0.15, -0.1) is 5.10 Å². The molecule has 0 radical (unpaired) electrons. The van der Waals surface area contributed by atoms with Gasteiger partial charge in [-0.25, -0.2) is 0 Å². The van der Waals surface area contributed by atoms with E-state index in [-0.39, 0.29) is 0 Å². The summed E-state index contributed by atoms with van der Waals surface area (Å²) in [5.41, 5.74) is 0. The second kappa shape index (κ2) is 8.01. The number of nitrogens with zero attached hydrogens (tertiary/aromatic N) is 5. The minimum Gasteiger partial charge on any atom is -0.354 e. The van der Waals surface area contributed by atoms with E-state index in [1.165, 1.54) is 0 Å². The summed E-state index contributed by atoms with van der Waals surface area (Å²) in [4.78, 5) is 6.71. The molecule has 0 aromatic carbocycles. The molecule has 0 bridgehead atoms. The zero-order valence-corrected chi connectivity index (χ0v) is 13.6. The Hall–Kier alpha value is -2.02. The molecule has 0 saturated carbocycles. The fraction of sp³-hybridized carbons (Fsp3) is 0.625. The molecule has 1 saturated heterocycles. The maximum absolute atomic E-state index is 5.27. The van der Waals surface area contributed by atoms with Crippen LogP contribution in [0.5, 0.6) is 0 Å². The number of rotatable bonds is 7. The van der Waals surface area contributed by atoms with Crippen LogP contribution in [0.15, 0.2) is 22.9 Å². The van der Waals surface area contributed by atoms with Gasteiger partial charge >= 0.3 is 0 Å². The Balaban J connectivity index is 1.49. The second-order valence-electron chi connectivity index (χ2n) is 5.96. The van der Waals surface area contributed by atoms with Crippen molar-refractivity contribution in [2.75, 3.05) is 18.0 Å². The highest BCUT2D eigenvalue weighted by Gasteiger charge is 2.21. The average molecular weight is 316 g/mol. The predicted molar refractivity (Wildman–Crippen MR) is 87.0 cm³/mol. The molecule has 0 aliphatic carbocycles. The van der Waals surface area contributed by atoms with Gasteiger partial charge in [0.05, 0.1) is 6.54 Å². The summed E-state index contributed by atoms with van der Waals surface area (Å²) >= 11 is 0. The predicted octanol–water partition coefficient (Wildman–Crippen LogP) is 1.96. The first-order valence-corrected chi connectivity index (χ1v) is 8.42. The normalized spacial score (nSPS) is 18.3. The van der Waals surface area contributed by atoms with E-state index in [0.29, 0.717) is 12.6 Å². The highest BCUT2D eigenvalue weighted by molar-refractivity contribution is 5.37. The average Bonchev–Trinajstić information content (AvgIpc) is 3.07. The van der Waals surface area contributed by atoms with Crippen LogP contribution >= 0.6 is 0 Å². The Morgan fingerprint density at radius 2 is 2.39 bits per heavy atom. The van der Waals surface area contributed by atoms with Gasteiger partial charge in [0.2, 0.25) is 5.89 Å². The van der Waals surface area contributed by atoms with Crippen molar-refractivity contribution < 1.29 is 4.52 Å². The molecule has 1 N–H and O–H groups in total. The Morgan fingerprint density at radius 3 is 3.22 bits per heavy atom. The number of unbranched alkanes of at least 4 members (excludes halogenated alkanes) is 1. The van der Waals surface area contributed by atoms with Gasteiger partial charge in [-0.2, -0.15) is 10.1 Å². The molecule has 124 valence electrons. The molecule has 1 unspecified atom stereocenters. The zero-order chi connectivity index (χ0) is 15.9. The van der Waals surface area contributed by atoms with Crippen LogP contribution in [0.4, 0.5) is 5.82 Å². The SMILES string of the molecule is CCCCc1nc(CNC2CCCN(c3cccnn3)C2)no1. The highest BCUT2D eigenvalue weighted by atomic mass is 16.5. The molecule has 2 aromatic rings. The number of piperidine rings is 1. The number of aryl methyl sites for hydroxylation is 1. The maximum atomic E-state index is 5.27. The van der Waals surface area contributed by atoms with Gasteiger partial charge in [-0.1, -0.05) is 18.5 Å². The van der Waals surface area contributed by atoms with Gasteiger partial charge in [0.15, 0.2) is 11.6 Å². The lowest BCUT2D eigenvalue weighted by Crippen LogP contribution is -2.46. The van der Waals surface area contributed by atoms with Crippen LogP contribution in [0.2, 0.25) is 0 Å². The first-order valence-electron chi connectivity index (χ1n) is 8.42. The summed E-state index contributed by atoms with van der Waals surface area (Å²) in [5, 5.41) is 15.7. The van der Waals surface area contributed by atoms with Gasteiger partial charge in [-0.3, -0.25) is 0 Å². The van der Waals surface area contributed by atoms with E-state index in [4.69, 9.17) is 4.52 Å². The number of anilines is 1. The van der Waals surface area contributed by atoms with Gasteiger partial charge in [0.1, 0.15) is 0 Å². The lowest BCUT2D eigenvalue weighted by Gasteiger charge is -2.33. The lowest BCUT2D eigenvalue weighted by molar-refractivity contribution is 0.363. The van der Waals surface area contributed by atoms with Gasteiger partial charge in [0.25, 0.3) is 0 Å². The first-order chi connectivity index (χ1) is 11.3. The van der Waals surface area contributed by atoms with Crippen molar-refractivity contribution in [2.24, 2.45) is 0 Å². The zero-order valence-electron chi connectivity index (χ0n) is 13.6. The quantitative estimate of drug-likeness (QED) is 0.836. The Bertz CT molecular complexity index is 587. The van der Waals surface area contributed by atoms with Gasteiger partial charge in [-0.05, 0) is 31.4 Å². The maximum Gasteiger partial charge on any atom is 0.226 e. The fourth-order valence-corrected chi connectivity index (χ4v) is 2.84. The minimum atomic E-state index is 0.406. The molecule has 1 aliphatic rings. The van der Waals surface area contributed by atoms with Crippen molar-refractivity contribution in [3.63, 3.8) is 0 Å². The molecule has 1 atom stereocenters. The molecule has 7 heteroatoms. The lowest BCUT2D eigenvalue weighted by atomic mass is 10.1. The Labute approximate surface area is 136 Å². The van der Waals surface area contributed by atoms with E-state index in [1.54, 1.807) is 6.20 Å². The molecule has 0 amide bonds. The van der Waals surface area contributed by atoms with Crippen LogP contribution in [-0.2, 0) is 13.0 Å². The summed E-state index contributed by atoms with van der Waals surface area (Å²) in [6.45, 7) is 4.76. The third kappa shape index (κ3) is 4.48. The number of nitrogens with one attached hydrogen (secondary N) is 1. The molecular formula is C16H24N6O. The van der Waals surface area contributed by atoms with Crippen LogP contribution in [0.3, 0.4) is 0 Å². The molecule has 2 aromatic heterocycles. The molecule has 1 aliphatic heterocycles. The molecule has 3 heterocycles. The number of hydrogen-bond acceptors (Lipinski definition) is 7. The Morgan fingerprint density at radius 1 is 1.43 bits per heavy atom. The van der Waals surface area contributed by atoms with Gasteiger partial charge in [0, 0.05) is 31.7 Å². The summed E-state index contributed by atoms with van der Waals surface area (Å²) in [5.74, 6) is 2.43. The molecular weight excluding hydrogens is 292 g/mol. The largest absolute Gasteiger partial charge is 0.354 e. The summed E-state index contributed by atoms with van der Waals surface area (Å²) in [7, 11) is 0. The summed E-state index contributed by atoms with van der Waals surface area (Å²) in [6, 6.07) is 4.34. The van der Waals surface area contributed by atoms with Crippen LogP contribution in [0, 0.1) is 0 Å². The Kier molecular flexibility index (Phi) is 5.52. The van der Waals surface area contributed by atoms with Crippen LogP contribution in [-0.4, -0.2) is 39.5 Å². The van der Waals surface area contributed by atoms with Crippen LogP contribution in [0.25, 0.3) is 0 Å². The van der Waals surface area contributed by atoms with Crippen LogP contribution in [0.1, 0.15) is 44.3 Å².